The molecule has 0 saturated heterocycles. The Morgan fingerprint density at radius 1 is 0.286 bits per heavy atom. The molecular formula is C68H50FN. The third kappa shape index (κ3) is 6.51. The van der Waals surface area contributed by atoms with E-state index in [0.29, 0.717) is 0 Å². The smallest absolute Gasteiger partial charge is 0.123 e. The number of nitrogens with zero attached hydrogens (tertiary/aromatic N) is 1. The lowest BCUT2D eigenvalue weighted by Crippen LogP contribution is -2.15. The molecule has 0 radical (unpaired) electrons. The SMILES string of the molecule is CC1(C)c2ccccc2-c2ccc(-c3c4ccccc4c(-c4ccc5c(c4)C(C)(C)c4ccccc4-5)c4cc(-c5ccc(N(c6ccc(F)cc6)c6ccc(-c7ccccc7)cc6)cc5)ccc34)cc21. The number of benzene rings is 11. The van der Waals surface area contributed by atoms with Gasteiger partial charge in [-0.05, 0) is 177 Å². The second-order valence-electron chi connectivity index (χ2n) is 20.2. The molecule has 70 heavy (non-hydrogen) atoms. The molecule has 0 spiro atoms. The van der Waals surface area contributed by atoms with E-state index in [1.165, 1.54) is 100 Å². The molecule has 0 aromatic heterocycles. The van der Waals surface area contributed by atoms with Crippen LogP contribution in [0.25, 0.3) is 88.3 Å². The third-order valence-corrected chi connectivity index (χ3v) is 15.5. The van der Waals surface area contributed by atoms with Crippen molar-refractivity contribution in [2.45, 2.75) is 38.5 Å². The quantitative estimate of drug-likeness (QED) is 0.144. The molecule has 1 nitrogen and oxygen atoms in total. The molecule has 0 amide bonds. The average molecular weight is 900 g/mol. The second kappa shape index (κ2) is 15.9. The first-order valence-electron chi connectivity index (χ1n) is 24.4. The third-order valence-electron chi connectivity index (χ3n) is 15.5. The van der Waals surface area contributed by atoms with Gasteiger partial charge in [-0.15, -0.1) is 0 Å². The topological polar surface area (TPSA) is 3.24 Å². The summed E-state index contributed by atoms with van der Waals surface area (Å²) in [6.45, 7) is 9.47. The highest BCUT2D eigenvalue weighted by molar-refractivity contribution is 6.22. The van der Waals surface area contributed by atoms with Crippen LogP contribution in [0.4, 0.5) is 21.5 Å². The Labute approximate surface area is 409 Å². The van der Waals surface area contributed by atoms with E-state index in [9.17, 15) is 4.39 Å². The summed E-state index contributed by atoms with van der Waals surface area (Å²) in [5.41, 5.74) is 22.9. The molecule has 0 bridgehead atoms. The minimum Gasteiger partial charge on any atom is -0.311 e. The molecule has 0 aliphatic heterocycles. The number of anilines is 3. The molecule has 2 heteroatoms. The van der Waals surface area contributed by atoms with E-state index in [4.69, 9.17) is 0 Å². The van der Waals surface area contributed by atoms with Gasteiger partial charge in [-0.3, -0.25) is 0 Å². The average Bonchev–Trinajstić information content (AvgIpc) is 3.77. The normalized spacial score (nSPS) is 13.7. The van der Waals surface area contributed by atoms with Gasteiger partial charge in [-0.2, -0.15) is 0 Å². The highest BCUT2D eigenvalue weighted by atomic mass is 19.1. The fraction of sp³-hybridized carbons (Fsp3) is 0.0882. The van der Waals surface area contributed by atoms with Gasteiger partial charge in [0.2, 0.25) is 0 Å². The van der Waals surface area contributed by atoms with Crippen molar-refractivity contribution in [2.24, 2.45) is 0 Å². The van der Waals surface area contributed by atoms with Gasteiger partial charge in [0.1, 0.15) is 5.82 Å². The van der Waals surface area contributed by atoms with E-state index < -0.39 is 0 Å². The van der Waals surface area contributed by atoms with Crippen LogP contribution in [-0.2, 0) is 10.8 Å². The Kier molecular flexibility index (Phi) is 9.48. The number of hydrogen-bond acceptors (Lipinski definition) is 1. The van der Waals surface area contributed by atoms with E-state index >= 15 is 0 Å². The van der Waals surface area contributed by atoms with Crippen LogP contribution in [0.5, 0.6) is 0 Å². The van der Waals surface area contributed by atoms with Crippen molar-refractivity contribution in [3.8, 4) is 66.8 Å². The van der Waals surface area contributed by atoms with Crippen molar-refractivity contribution in [3.63, 3.8) is 0 Å². The second-order valence-corrected chi connectivity index (χ2v) is 20.2. The van der Waals surface area contributed by atoms with Gasteiger partial charge in [-0.25, -0.2) is 4.39 Å². The first-order valence-corrected chi connectivity index (χ1v) is 24.4. The molecule has 13 rings (SSSR count). The van der Waals surface area contributed by atoms with E-state index in [2.05, 4.69) is 233 Å². The Morgan fingerprint density at radius 3 is 1.19 bits per heavy atom. The van der Waals surface area contributed by atoms with E-state index in [1.807, 2.05) is 18.2 Å². The first kappa shape index (κ1) is 41.8. The van der Waals surface area contributed by atoms with Gasteiger partial charge < -0.3 is 4.90 Å². The van der Waals surface area contributed by atoms with E-state index in [0.717, 1.165) is 39.3 Å². The first-order chi connectivity index (χ1) is 34.1. The van der Waals surface area contributed by atoms with Crippen molar-refractivity contribution in [3.05, 3.63) is 259 Å². The monoisotopic (exact) mass is 899 g/mol. The van der Waals surface area contributed by atoms with Crippen molar-refractivity contribution in [1.82, 2.24) is 0 Å². The lowest BCUT2D eigenvalue weighted by molar-refractivity contribution is 0.628. The van der Waals surface area contributed by atoms with Gasteiger partial charge in [-0.1, -0.05) is 191 Å². The van der Waals surface area contributed by atoms with Crippen molar-refractivity contribution >= 4 is 38.6 Å². The molecule has 0 atom stereocenters. The van der Waals surface area contributed by atoms with Crippen LogP contribution in [0.3, 0.4) is 0 Å². The number of fused-ring (bicyclic) bond motifs is 8. The maximum atomic E-state index is 14.4. The van der Waals surface area contributed by atoms with Gasteiger partial charge in [0, 0.05) is 27.9 Å². The Balaban J connectivity index is 0.986. The molecule has 0 N–H and O–H groups in total. The molecule has 11 aromatic carbocycles. The lowest BCUT2D eigenvalue weighted by atomic mass is 9.79. The Bertz CT molecular complexity index is 3860. The molecular weight excluding hydrogens is 850 g/mol. The van der Waals surface area contributed by atoms with Gasteiger partial charge >= 0.3 is 0 Å². The zero-order chi connectivity index (χ0) is 47.3. The molecule has 2 aliphatic carbocycles. The summed E-state index contributed by atoms with van der Waals surface area (Å²) >= 11 is 0. The largest absolute Gasteiger partial charge is 0.311 e. The lowest BCUT2D eigenvalue weighted by Gasteiger charge is -2.26. The molecule has 0 fully saturated rings. The van der Waals surface area contributed by atoms with Crippen LogP contribution >= 0.6 is 0 Å². The molecule has 0 saturated carbocycles. The molecule has 0 unspecified atom stereocenters. The van der Waals surface area contributed by atoms with Crippen molar-refractivity contribution in [1.29, 1.82) is 0 Å². The molecule has 334 valence electrons. The van der Waals surface area contributed by atoms with E-state index in [-0.39, 0.29) is 16.6 Å². The summed E-state index contributed by atoms with van der Waals surface area (Å²) in [7, 11) is 0. The number of hydrogen-bond donors (Lipinski definition) is 0. The maximum absolute atomic E-state index is 14.4. The number of rotatable bonds is 7. The van der Waals surface area contributed by atoms with Crippen LogP contribution in [0.2, 0.25) is 0 Å². The minimum atomic E-state index is -0.260. The summed E-state index contributed by atoms with van der Waals surface area (Å²) in [6, 6.07) is 82.9. The Morgan fingerprint density at radius 2 is 0.657 bits per heavy atom. The summed E-state index contributed by atoms with van der Waals surface area (Å²) in [5.74, 6) is -0.260. The van der Waals surface area contributed by atoms with Crippen LogP contribution in [-0.4, -0.2) is 0 Å². The standard InChI is InChI=1S/C68H50FN/c1-67(2)61-20-12-10-16-53(61)55-37-27-47(41-63(55)67)65-57-18-8-9-19-58(57)66(48-28-38-56-54-17-11-13-21-62(54)68(3,4)64(56)42-48)60-40-46(26-39-59(60)65)45-24-33-51(34-25-45)70(52-35-29-49(69)30-36-52)50-31-22-44(23-32-50)43-14-6-5-7-15-43/h5-42H,1-4H3. The summed E-state index contributed by atoms with van der Waals surface area (Å²) in [5, 5.41) is 4.93. The fourth-order valence-electron chi connectivity index (χ4n) is 12.0. The summed E-state index contributed by atoms with van der Waals surface area (Å²) in [4.78, 5) is 2.19. The van der Waals surface area contributed by atoms with Crippen LogP contribution in [0, 0.1) is 5.82 Å². The molecule has 11 aromatic rings. The molecule has 0 heterocycles. The van der Waals surface area contributed by atoms with E-state index in [1.54, 1.807) is 0 Å². The van der Waals surface area contributed by atoms with Gasteiger partial charge in [0.15, 0.2) is 0 Å². The van der Waals surface area contributed by atoms with Crippen molar-refractivity contribution < 1.29 is 4.39 Å². The Hall–Kier alpha value is -8.33. The predicted octanol–water partition coefficient (Wildman–Crippen LogP) is 18.9. The van der Waals surface area contributed by atoms with Crippen LogP contribution in [0.1, 0.15) is 49.9 Å². The summed E-state index contributed by atoms with van der Waals surface area (Å²) in [6.07, 6.45) is 0. The highest BCUT2D eigenvalue weighted by Gasteiger charge is 2.37. The fourth-order valence-corrected chi connectivity index (χ4v) is 12.0. The van der Waals surface area contributed by atoms with Gasteiger partial charge in [0.05, 0.1) is 0 Å². The van der Waals surface area contributed by atoms with Crippen LogP contribution < -0.4 is 4.90 Å². The van der Waals surface area contributed by atoms with Crippen molar-refractivity contribution in [2.75, 3.05) is 4.90 Å². The predicted molar refractivity (Wildman–Crippen MR) is 293 cm³/mol. The highest BCUT2D eigenvalue weighted by Crippen LogP contribution is 2.54. The minimum absolute atomic E-state index is 0.125. The zero-order valence-electron chi connectivity index (χ0n) is 39.8. The van der Waals surface area contributed by atoms with Crippen LogP contribution in [0.15, 0.2) is 231 Å². The summed E-state index contributed by atoms with van der Waals surface area (Å²) < 4.78 is 14.4. The molecule has 2 aliphatic rings. The number of halogens is 1. The maximum Gasteiger partial charge on any atom is 0.123 e. The van der Waals surface area contributed by atoms with Gasteiger partial charge in [0.25, 0.3) is 0 Å². The zero-order valence-corrected chi connectivity index (χ0v) is 39.8.